The highest BCUT2D eigenvalue weighted by Crippen LogP contribution is 2.18. The maximum atomic E-state index is 2.29. The maximum Gasteiger partial charge on any atom is -0.0250 e. The molecule has 0 aromatic heterocycles. The van der Waals surface area contributed by atoms with Gasteiger partial charge in [0, 0.05) is 0 Å². The van der Waals surface area contributed by atoms with Gasteiger partial charge >= 0.3 is 0 Å². The Balaban J connectivity index is 0.00000106. The minimum atomic E-state index is 0.896. The van der Waals surface area contributed by atoms with E-state index in [1.165, 1.54) is 37.7 Å². The molecular formula is C16H28. The van der Waals surface area contributed by atoms with E-state index in [4.69, 9.17) is 0 Å². The molecule has 0 nitrogen and oxygen atoms in total. The van der Waals surface area contributed by atoms with Gasteiger partial charge in [0.1, 0.15) is 0 Å². The summed E-state index contributed by atoms with van der Waals surface area (Å²) in [5.74, 6) is 0.896. The molecule has 92 valence electrons. The van der Waals surface area contributed by atoms with Gasteiger partial charge in [-0.25, -0.2) is 0 Å². The Morgan fingerprint density at radius 1 is 0.875 bits per heavy atom. The zero-order valence-electron chi connectivity index (χ0n) is 11.5. The Labute approximate surface area is 102 Å². The molecule has 0 heterocycles. The average Bonchev–Trinajstić information content (AvgIpc) is 2.34. The van der Waals surface area contributed by atoms with Crippen molar-refractivity contribution in [1.82, 2.24) is 0 Å². The van der Waals surface area contributed by atoms with Gasteiger partial charge in [0.05, 0.1) is 0 Å². The van der Waals surface area contributed by atoms with Gasteiger partial charge in [-0.2, -0.15) is 0 Å². The van der Waals surface area contributed by atoms with Crippen LogP contribution in [0.2, 0.25) is 0 Å². The first-order valence-corrected chi connectivity index (χ1v) is 6.90. The number of rotatable bonds is 6. The smallest absolute Gasteiger partial charge is 0.0250 e. The number of hydrogen-bond acceptors (Lipinski definition) is 0. The van der Waals surface area contributed by atoms with E-state index in [9.17, 15) is 0 Å². The standard InChI is InChI=1S/C14H22.C2H6/c1-3-8-13(9-4-2)12-14-10-6-5-7-11-14;1-2/h5-7,10-11,13H,3-4,8-9,12H2,1-2H3;1-2H3. The van der Waals surface area contributed by atoms with Gasteiger partial charge in [-0.3, -0.25) is 0 Å². The van der Waals surface area contributed by atoms with Gasteiger partial charge in [0.15, 0.2) is 0 Å². The second-order valence-corrected chi connectivity index (χ2v) is 4.13. The highest BCUT2D eigenvalue weighted by molar-refractivity contribution is 5.15. The maximum absolute atomic E-state index is 2.29. The Hall–Kier alpha value is -0.780. The zero-order chi connectivity index (χ0) is 12.2. The summed E-state index contributed by atoms with van der Waals surface area (Å²) in [5, 5.41) is 0. The molecule has 0 saturated carbocycles. The quantitative estimate of drug-likeness (QED) is 0.596. The lowest BCUT2D eigenvalue weighted by atomic mass is 9.91. The zero-order valence-corrected chi connectivity index (χ0v) is 11.5. The number of hydrogen-bond donors (Lipinski definition) is 0. The molecule has 0 radical (unpaired) electrons. The summed E-state index contributed by atoms with van der Waals surface area (Å²) in [7, 11) is 0. The van der Waals surface area contributed by atoms with Crippen LogP contribution in [0.25, 0.3) is 0 Å². The van der Waals surface area contributed by atoms with Crippen LogP contribution in [0.1, 0.15) is 58.9 Å². The lowest BCUT2D eigenvalue weighted by Gasteiger charge is -2.14. The van der Waals surface area contributed by atoms with Crippen molar-refractivity contribution in [3.63, 3.8) is 0 Å². The molecule has 0 bridgehead atoms. The molecule has 0 aliphatic heterocycles. The molecule has 0 N–H and O–H groups in total. The van der Waals surface area contributed by atoms with Crippen LogP contribution in [-0.2, 0) is 6.42 Å². The molecule has 0 amide bonds. The molecule has 1 rings (SSSR count). The SMILES string of the molecule is CC.CCCC(CCC)Cc1ccccc1. The predicted molar refractivity (Wildman–Crippen MR) is 74.8 cm³/mol. The fraction of sp³-hybridized carbons (Fsp3) is 0.625. The van der Waals surface area contributed by atoms with Crippen molar-refractivity contribution in [2.45, 2.75) is 59.8 Å². The van der Waals surface area contributed by atoms with Crippen LogP contribution in [-0.4, -0.2) is 0 Å². The average molecular weight is 220 g/mol. The second kappa shape index (κ2) is 10.7. The Morgan fingerprint density at radius 2 is 1.38 bits per heavy atom. The predicted octanol–water partition coefficient (Wildman–Crippen LogP) is 5.47. The van der Waals surface area contributed by atoms with Crippen LogP contribution in [0.4, 0.5) is 0 Å². The van der Waals surface area contributed by atoms with Crippen LogP contribution in [0.3, 0.4) is 0 Å². The molecule has 0 heteroatoms. The van der Waals surface area contributed by atoms with Crippen molar-refractivity contribution in [3.05, 3.63) is 35.9 Å². The van der Waals surface area contributed by atoms with E-state index in [2.05, 4.69) is 44.2 Å². The summed E-state index contributed by atoms with van der Waals surface area (Å²) in [5.41, 5.74) is 1.50. The molecule has 1 aromatic carbocycles. The minimum absolute atomic E-state index is 0.896. The molecule has 0 aliphatic carbocycles. The first-order valence-electron chi connectivity index (χ1n) is 6.90. The largest absolute Gasteiger partial charge is 0.0683 e. The molecule has 1 aromatic rings. The van der Waals surface area contributed by atoms with Gasteiger partial charge in [-0.15, -0.1) is 0 Å². The molecule has 0 unspecified atom stereocenters. The van der Waals surface area contributed by atoms with Crippen LogP contribution < -0.4 is 0 Å². The summed E-state index contributed by atoms with van der Waals surface area (Å²) < 4.78 is 0. The fourth-order valence-electron chi connectivity index (χ4n) is 2.11. The van der Waals surface area contributed by atoms with Gasteiger partial charge in [-0.05, 0) is 17.9 Å². The van der Waals surface area contributed by atoms with E-state index in [1.54, 1.807) is 0 Å². The Morgan fingerprint density at radius 3 is 1.81 bits per heavy atom. The van der Waals surface area contributed by atoms with E-state index in [1.807, 2.05) is 13.8 Å². The molecule has 0 aliphatic rings. The summed E-state index contributed by atoms with van der Waals surface area (Å²) in [6.45, 7) is 8.57. The van der Waals surface area contributed by atoms with E-state index in [0.29, 0.717) is 0 Å². The summed E-state index contributed by atoms with van der Waals surface area (Å²) >= 11 is 0. The van der Waals surface area contributed by atoms with Crippen molar-refractivity contribution in [3.8, 4) is 0 Å². The molecule has 0 saturated heterocycles. The molecule has 16 heavy (non-hydrogen) atoms. The number of benzene rings is 1. The first kappa shape index (κ1) is 15.2. The molecule has 0 spiro atoms. The third-order valence-corrected chi connectivity index (χ3v) is 2.76. The van der Waals surface area contributed by atoms with Crippen LogP contribution in [0, 0.1) is 5.92 Å². The van der Waals surface area contributed by atoms with Crippen LogP contribution in [0.15, 0.2) is 30.3 Å². The Kier molecular flexibility index (Phi) is 10.2. The van der Waals surface area contributed by atoms with Crippen LogP contribution in [0.5, 0.6) is 0 Å². The van der Waals surface area contributed by atoms with Crippen molar-refractivity contribution >= 4 is 0 Å². The summed E-state index contributed by atoms with van der Waals surface area (Å²) in [6, 6.07) is 10.9. The minimum Gasteiger partial charge on any atom is -0.0683 e. The van der Waals surface area contributed by atoms with Gasteiger partial charge in [0.2, 0.25) is 0 Å². The van der Waals surface area contributed by atoms with E-state index in [-0.39, 0.29) is 0 Å². The lowest BCUT2D eigenvalue weighted by molar-refractivity contribution is 0.438. The summed E-state index contributed by atoms with van der Waals surface area (Å²) in [4.78, 5) is 0. The summed E-state index contributed by atoms with van der Waals surface area (Å²) in [6.07, 6.45) is 6.66. The van der Waals surface area contributed by atoms with Gasteiger partial charge < -0.3 is 0 Å². The Bertz CT molecular complexity index is 219. The van der Waals surface area contributed by atoms with E-state index < -0.39 is 0 Å². The highest BCUT2D eigenvalue weighted by atomic mass is 14.1. The third kappa shape index (κ3) is 6.66. The monoisotopic (exact) mass is 220 g/mol. The highest BCUT2D eigenvalue weighted by Gasteiger charge is 2.06. The first-order chi connectivity index (χ1) is 7.86. The lowest BCUT2D eigenvalue weighted by Crippen LogP contribution is -2.03. The third-order valence-electron chi connectivity index (χ3n) is 2.76. The van der Waals surface area contributed by atoms with Crippen molar-refractivity contribution in [1.29, 1.82) is 0 Å². The van der Waals surface area contributed by atoms with E-state index >= 15 is 0 Å². The van der Waals surface area contributed by atoms with Crippen molar-refractivity contribution < 1.29 is 0 Å². The van der Waals surface area contributed by atoms with Crippen molar-refractivity contribution in [2.75, 3.05) is 0 Å². The normalized spacial score (nSPS) is 9.81. The van der Waals surface area contributed by atoms with Crippen molar-refractivity contribution in [2.24, 2.45) is 5.92 Å². The fourth-order valence-corrected chi connectivity index (χ4v) is 2.11. The second-order valence-electron chi connectivity index (χ2n) is 4.13. The van der Waals surface area contributed by atoms with Gasteiger partial charge in [0.25, 0.3) is 0 Å². The molecule has 0 fully saturated rings. The molecular weight excluding hydrogens is 192 g/mol. The molecule has 0 atom stereocenters. The van der Waals surface area contributed by atoms with E-state index in [0.717, 1.165) is 5.92 Å². The van der Waals surface area contributed by atoms with Gasteiger partial charge in [-0.1, -0.05) is 83.7 Å². The van der Waals surface area contributed by atoms with Crippen LogP contribution >= 0.6 is 0 Å². The topological polar surface area (TPSA) is 0 Å².